The first-order valence-electron chi connectivity index (χ1n) is 8.76. The van der Waals surface area contributed by atoms with Crippen molar-refractivity contribution >= 4 is 5.97 Å². The Hall–Kier alpha value is -2.34. The van der Waals surface area contributed by atoms with Crippen LogP contribution in [-0.2, 0) is 39.4 Å². The number of ether oxygens (including phenoxy) is 1. The highest BCUT2D eigenvalue weighted by Gasteiger charge is 2.27. The Morgan fingerprint density at radius 2 is 2.04 bits per heavy atom. The maximum absolute atomic E-state index is 11.5. The summed E-state index contributed by atoms with van der Waals surface area (Å²) in [6.07, 6.45) is 4.31. The Morgan fingerprint density at radius 1 is 1.28 bits per heavy atom. The Bertz CT molecular complexity index is 841. The van der Waals surface area contributed by atoms with E-state index in [1.807, 2.05) is 7.05 Å². The van der Waals surface area contributed by atoms with Crippen LogP contribution in [0.25, 0.3) is 0 Å². The minimum absolute atomic E-state index is 0.183. The normalized spacial score (nSPS) is 16.6. The molecule has 1 N–H and O–H groups in total. The SMILES string of the molecule is COc1cc2c(cc1CN1CCc3c(c(C(=O)O)nn3C)C1)CCC2. The van der Waals surface area contributed by atoms with E-state index in [1.165, 1.54) is 23.1 Å². The van der Waals surface area contributed by atoms with Gasteiger partial charge < -0.3 is 9.84 Å². The van der Waals surface area contributed by atoms with Crippen molar-refractivity contribution in [1.29, 1.82) is 0 Å². The molecule has 25 heavy (non-hydrogen) atoms. The third-order valence-electron chi connectivity index (χ3n) is 5.41. The number of methoxy groups -OCH3 is 1. The summed E-state index contributed by atoms with van der Waals surface area (Å²) in [5, 5.41) is 13.6. The number of benzene rings is 1. The fourth-order valence-corrected chi connectivity index (χ4v) is 4.16. The molecule has 4 rings (SSSR count). The van der Waals surface area contributed by atoms with Gasteiger partial charge in [0.1, 0.15) is 5.75 Å². The van der Waals surface area contributed by atoms with Crippen LogP contribution < -0.4 is 4.74 Å². The maximum Gasteiger partial charge on any atom is 0.356 e. The second-order valence-electron chi connectivity index (χ2n) is 6.95. The zero-order chi connectivity index (χ0) is 17.6. The molecule has 0 fully saturated rings. The first-order valence-corrected chi connectivity index (χ1v) is 8.76. The average molecular weight is 341 g/mol. The van der Waals surface area contributed by atoms with Gasteiger partial charge in [0.15, 0.2) is 5.69 Å². The average Bonchev–Trinajstić information content (AvgIpc) is 3.18. The van der Waals surface area contributed by atoms with E-state index in [-0.39, 0.29) is 5.69 Å². The lowest BCUT2D eigenvalue weighted by Gasteiger charge is -2.28. The number of hydrogen-bond donors (Lipinski definition) is 1. The molecule has 1 aromatic carbocycles. The van der Waals surface area contributed by atoms with Crippen LogP contribution in [0.3, 0.4) is 0 Å². The van der Waals surface area contributed by atoms with Crippen molar-refractivity contribution in [3.8, 4) is 5.75 Å². The van der Waals surface area contributed by atoms with Crippen LogP contribution in [0, 0.1) is 0 Å². The molecule has 1 aliphatic heterocycles. The number of carbonyl (C=O) groups is 1. The number of hydrogen-bond acceptors (Lipinski definition) is 4. The second kappa shape index (κ2) is 6.19. The third kappa shape index (κ3) is 2.80. The first kappa shape index (κ1) is 16.1. The number of rotatable bonds is 4. The van der Waals surface area contributed by atoms with Gasteiger partial charge in [0, 0.05) is 49.9 Å². The number of carboxylic acid groups (broad SMARTS) is 1. The molecule has 2 aromatic rings. The highest BCUT2D eigenvalue weighted by molar-refractivity contribution is 5.87. The first-order chi connectivity index (χ1) is 12.1. The van der Waals surface area contributed by atoms with Crippen molar-refractivity contribution in [2.45, 2.75) is 38.8 Å². The van der Waals surface area contributed by atoms with Crippen molar-refractivity contribution in [2.24, 2.45) is 7.05 Å². The molecular formula is C19H23N3O3. The number of aryl methyl sites for hydroxylation is 3. The van der Waals surface area contributed by atoms with Gasteiger partial charge in [0.05, 0.1) is 7.11 Å². The van der Waals surface area contributed by atoms with Crippen LogP contribution in [0.1, 0.15) is 44.9 Å². The molecule has 0 unspecified atom stereocenters. The molecule has 1 aliphatic carbocycles. The van der Waals surface area contributed by atoms with E-state index < -0.39 is 5.97 Å². The number of aromatic nitrogens is 2. The third-order valence-corrected chi connectivity index (χ3v) is 5.41. The molecule has 2 heterocycles. The lowest BCUT2D eigenvalue weighted by Crippen LogP contribution is -2.31. The van der Waals surface area contributed by atoms with Gasteiger partial charge in [-0.3, -0.25) is 9.58 Å². The molecular weight excluding hydrogens is 318 g/mol. The molecule has 0 amide bonds. The van der Waals surface area contributed by atoms with E-state index in [2.05, 4.69) is 22.1 Å². The Morgan fingerprint density at radius 3 is 2.76 bits per heavy atom. The fourth-order valence-electron chi connectivity index (χ4n) is 4.16. The molecule has 0 bridgehead atoms. The van der Waals surface area contributed by atoms with Gasteiger partial charge in [-0.2, -0.15) is 5.10 Å². The van der Waals surface area contributed by atoms with Crippen molar-refractivity contribution in [2.75, 3.05) is 13.7 Å². The Kier molecular flexibility index (Phi) is 4.00. The van der Waals surface area contributed by atoms with Gasteiger partial charge in [-0.1, -0.05) is 6.07 Å². The number of nitrogens with zero attached hydrogens (tertiary/aromatic N) is 3. The van der Waals surface area contributed by atoms with E-state index in [9.17, 15) is 9.90 Å². The molecule has 6 heteroatoms. The lowest BCUT2D eigenvalue weighted by molar-refractivity contribution is 0.0687. The molecule has 0 saturated heterocycles. The zero-order valence-corrected chi connectivity index (χ0v) is 14.7. The van der Waals surface area contributed by atoms with Crippen LogP contribution in [-0.4, -0.2) is 39.4 Å². The summed E-state index contributed by atoms with van der Waals surface area (Å²) in [7, 11) is 3.54. The second-order valence-corrected chi connectivity index (χ2v) is 6.95. The van der Waals surface area contributed by atoms with E-state index in [0.717, 1.165) is 49.4 Å². The zero-order valence-electron chi connectivity index (χ0n) is 14.7. The van der Waals surface area contributed by atoms with Crippen molar-refractivity contribution < 1.29 is 14.6 Å². The molecule has 0 spiro atoms. The summed E-state index contributed by atoms with van der Waals surface area (Å²) in [6.45, 7) is 2.28. The molecule has 0 atom stereocenters. The van der Waals surface area contributed by atoms with E-state index in [0.29, 0.717) is 6.54 Å². The van der Waals surface area contributed by atoms with Gasteiger partial charge in [-0.05, 0) is 36.5 Å². The molecule has 132 valence electrons. The topological polar surface area (TPSA) is 67.6 Å². The van der Waals surface area contributed by atoms with Gasteiger partial charge in [-0.25, -0.2) is 4.79 Å². The molecule has 2 aliphatic rings. The van der Waals surface area contributed by atoms with Gasteiger partial charge in [-0.15, -0.1) is 0 Å². The summed E-state index contributed by atoms with van der Waals surface area (Å²) in [4.78, 5) is 13.8. The summed E-state index contributed by atoms with van der Waals surface area (Å²) >= 11 is 0. The molecule has 1 aromatic heterocycles. The molecule has 0 saturated carbocycles. The minimum Gasteiger partial charge on any atom is -0.496 e. The maximum atomic E-state index is 11.5. The smallest absolute Gasteiger partial charge is 0.356 e. The number of fused-ring (bicyclic) bond motifs is 2. The largest absolute Gasteiger partial charge is 0.496 e. The van der Waals surface area contributed by atoms with Crippen LogP contribution in [0.5, 0.6) is 5.75 Å². The van der Waals surface area contributed by atoms with Crippen LogP contribution in [0.15, 0.2) is 12.1 Å². The summed E-state index contributed by atoms with van der Waals surface area (Å²) < 4.78 is 7.32. The van der Waals surface area contributed by atoms with Crippen LogP contribution >= 0.6 is 0 Å². The van der Waals surface area contributed by atoms with Gasteiger partial charge in [0.2, 0.25) is 0 Å². The van der Waals surface area contributed by atoms with Crippen LogP contribution in [0.4, 0.5) is 0 Å². The molecule has 0 radical (unpaired) electrons. The van der Waals surface area contributed by atoms with Gasteiger partial charge in [0.25, 0.3) is 0 Å². The van der Waals surface area contributed by atoms with Crippen molar-refractivity contribution in [3.05, 3.63) is 45.8 Å². The number of carboxylic acids is 1. The summed E-state index contributed by atoms with van der Waals surface area (Å²) in [5.41, 5.74) is 6.09. The van der Waals surface area contributed by atoms with E-state index >= 15 is 0 Å². The summed E-state index contributed by atoms with van der Waals surface area (Å²) in [6, 6.07) is 4.46. The van der Waals surface area contributed by atoms with E-state index in [1.54, 1.807) is 11.8 Å². The van der Waals surface area contributed by atoms with E-state index in [4.69, 9.17) is 4.74 Å². The summed E-state index contributed by atoms with van der Waals surface area (Å²) in [5.74, 6) is -0.00935. The van der Waals surface area contributed by atoms with Crippen molar-refractivity contribution in [3.63, 3.8) is 0 Å². The quantitative estimate of drug-likeness (QED) is 0.923. The predicted molar refractivity (Wildman–Crippen MR) is 93.0 cm³/mol. The highest BCUT2D eigenvalue weighted by atomic mass is 16.5. The fraction of sp³-hybridized carbons (Fsp3) is 0.474. The molecule has 6 nitrogen and oxygen atoms in total. The lowest BCUT2D eigenvalue weighted by atomic mass is 10.0. The van der Waals surface area contributed by atoms with Gasteiger partial charge >= 0.3 is 5.97 Å². The highest BCUT2D eigenvalue weighted by Crippen LogP contribution is 2.32. The van der Waals surface area contributed by atoms with Crippen molar-refractivity contribution in [1.82, 2.24) is 14.7 Å². The minimum atomic E-state index is -0.950. The standard InChI is InChI=1S/C19H23N3O3/c1-21-16-6-7-22(11-15(16)18(20-21)19(23)24)10-14-8-12-4-3-5-13(12)9-17(14)25-2/h8-9H,3-7,10-11H2,1-2H3,(H,23,24). The van der Waals surface area contributed by atoms with Crippen LogP contribution in [0.2, 0.25) is 0 Å². The predicted octanol–water partition coefficient (Wildman–Crippen LogP) is 2.17. The monoisotopic (exact) mass is 341 g/mol. The number of aromatic carboxylic acids is 1. The Balaban J connectivity index is 1.60. The Labute approximate surface area is 147 Å².